The molecule has 5 nitrogen and oxygen atoms in total. The Balaban J connectivity index is 1.99. The molecule has 2 atom stereocenters. The Kier molecular flexibility index (Phi) is 2.67. The van der Waals surface area contributed by atoms with E-state index in [0.29, 0.717) is 12.1 Å². The van der Waals surface area contributed by atoms with Crippen molar-refractivity contribution in [3.05, 3.63) is 29.8 Å². The van der Waals surface area contributed by atoms with Crippen molar-refractivity contribution >= 4 is 29.1 Å². The Bertz CT molecular complexity index is 601. The molecule has 2 amide bonds. The van der Waals surface area contributed by atoms with Gasteiger partial charge < -0.3 is 0 Å². The third-order valence-corrected chi connectivity index (χ3v) is 3.68. The Hall–Kier alpha value is -1.75. The zero-order chi connectivity index (χ0) is 13.6. The second-order valence-corrected chi connectivity index (χ2v) is 5.44. The summed E-state index contributed by atoms with van der Waals surface area (Å²) in [5, 5.41) is 7.75. The number of azo groups is 1. The lowest BCUT2D eigenvalue weighted by molar-refractivity contribution is -0.122. The number of carbonyl (C=O) groups excluding carboxylic acids is 2. The first-order valence-corrected chi connectivity index (χ1v) is 6.46. The molecule has 0 saturated carbocycles. The van der Waals surface area contributed by atoms with Crippen LogP contribution < -0.4 is 4.90 Å². The lowest BCUT2D eigenvalue weighted by atomic mass is 9.95. The third-order valence-electron chi connectivity index (χ3n) is 3.43. The van der Waals surface area contributed by atoms with Gasteiger partial charge in [0, 0.05) is 6.42 Å². The second kappa shape index (κ2) is 4.13. The van der Waals surface area contributed by atoms with Crippen LogP contribution in [0.4, 0.5) is 5.69 Å². The summed E-state index contributed by atoms with van der Waals surface area (Å²) in [7, 11) is 0. The molecule has 19 heavy (non-hydrogen) atoms. The van der Waals surface area contributed by atoms with Crippen LogP contribution in [0.1, 0.15) is 18.4 Å². The first-order chi connectivity index (χ1) is 9.02. The third kappa shape index (κ3) is 1.85. The van der Waals surface area contributed by atoms with E-state index >= 15 is 0 Å². The van der Waals surface area contributed by atoms with Crippen molar-refractivity contribution in [2.24, 2.45) is 10.2 Å². The molecule has 0 aromatic heterocycles. The molecular formula is C13H12ClN3O2. The fourth-order valence-electron chi connectivity index (χ4n) is 2.53. The van der Waals surface area contributed by atoms with Crippen LogP contribution in [0.5, 0.6) is 0 Å². The Morgan fingerprint density at radius 1 is 1.42 bits per heavy atom. The topological polar surface area (TPSA) is 62.1 Å². The molecule has 0 aliphatic carbocycles. The van der Waals surface area contributed by atoms with Gasteiger partial charge in [0.25, 0.3) is 5.91 Å². The van der Waals surface area contributed by atoms with Crippen molar-refractivity contribution in [1.82, 2.24) is 0 Å². The van der Waals surface area contributed by atoms with Crippen LogP contribution in [0.15, 0.2) is 34.5 Å². The van der Waals surface area contributed by atoms with Gasteiger partial charge in [-0.25, -0.2) is 4.90 Å². The predicted molar refractivity (Wildman–Crippen MR) is 70.1 cm³/mol. The number of halogens is 1. The van der Waals surface area contributed by atoms with Gasteiger partial charge in [0.2, 0.25) is 5.91 Å². The van der Waals surface area contributed by atoms with E-state index in [0.717, 1.165) is 5.56 Å². The van der Waals surface area contributed by atoms with E-state index in [9.17, 15) is 9.59 Å². The number of rotatable bonds is 1. The lowest BCUT2D eigenvalue weighted by Gasteiger charge is -2.18. The van der Waals surface area contributed by atoms with Gasteiger partial charge in [-0.3, -0.25) is 9.59 Å². The summed E-state index contributed by atoms with van der Waals surface area (Å²) in [6, 6.07) is 7.27. The molecule has 2 heterocycles. The summed E-state index contributed by atoms with van der Waals surface area (Å²) in [4.78, 5) is 25.8. The maximum atomic E-state index is 12.5. The van der Waals surface area contributed by atoms with Crippen molar-refractivity contribution in [2.45, 2.75) is 30.8 Å². The monoisotopic (exact) mass is 277 g/mol. The normalized spacial score (nSPS) is 29.8. The number of hydrogen-bond donors (Lipinski definition) is 0. The number of amides is 2. The number of alkyl halides is 1. The summed E-state index contributed by atoms with van der Waals surface area (Å²) >= 11 is 5.87. The fourth-order valence-corrected chi connectivity index (χ4v) is 2.82. The number of anilines is 1. The van der Waals surface area contributed by atoms with Crippen LogP contribution in [-0.2, 0) is 9.59 Å². The Morgan fingerprint density at radius 3 is 2.84 bits per heavy atom. The molecule has 0 N–H and O–H groups in total. The minimum absolute atomic E-state index is 0.0481. The molecular weight excluding hydrogens is 266 g/mol. The molecule has 6 heteroatoms. The number of imide groups is 1. The van der Waals surface area contributed by atoms with Crippen LogP contribution in [-0.4, -0.2) is 22.9 Å². The Labute approximate surface area is 115 Å². The van der Waals surface area contributed by atoms with Gasteiger partial charge in [-0.15, -0.1) is 0 Å². The number of aryl methyl sites for hydroxylation is 1. The second-order valence-electron chi connectivity index (χ2n) is 4.94. The molecule has 2 unspecified atom stereocenters. The van der Waals surface area contributed by atoms with E-state index in [-0.39, 0.29) is 18.2 Å². The van der Waals surface area contributed by atoms with E-state index < -0.39 is 11.0 Å². The summed E-state index contributed by atoms with van der Waals surface area (Å²) in [6.07, 6.45) is 0.341. The quantitative estimate of drug-likeness (QED) is 0.450. The molecule has 3 rings (SSSR count). The lowest BCUT2D eigenvalue weighted by Crippen LogP contribution is -2.38. The molecule has 0 bridgehead atoms. The summed E-state index contributed by atoms with van der Waals surface area (Å²) in [6.45, 7) is 1.91. The standard InChI is InChI=1S/C13H12ClN3O2/c1-8-3-2-4-9(5-8)17-11(18)7-13(12(17)19)6-10(14)15-16-13/h2-5,10H,6-7H2,1H3. The molecule has 98 valence electrons. The van der Waals surface area contributed by atoms with E-state index in [4.69, 9.17) is 11.6 Å². The average Bonchev–Trinajstić information content (AvgIpc) is 2.82. The van der Waals surface area contributed by atoms with Gasteiger partial charge in [-0.2, -0.15) is 10.2 Å². The van der Waals surface area contributed by atoms with Gasteiger partial charge in [0.1, 0.15) is 5.50 Å². The maximum absolute atomic E-state index is 12.5. The molecule has 1 spiro atoms. The number of benzene rings is 1. The first kappa shape index (κ1) is 12.3. The smallest absolute Gasteiger partial charge is 0.264 e. The predicted octanol–water partition coefficient (Wildman–Crippen LogP) is 2.42. The largest absolute Gasteiger partial charge is 0.274 e. The van der Waals surface area contributed by atoms with Crippen molar-refractivity contribution in [3.8, 4) is 0 Å². The maximum Gasteiger partial charge on any atom is 0.264 e. The van der Waals surface area contributed by atoms with Crippen LogP contribution >= 0.6 is 11.6 Å². The van der Waals surface area contributed by atoms with E-state index in [1.807, 2.05) is 19.1 Å². The van der Waals surface area contributed by atoms with E-state index in [1.165, 1.54) is 4.90 Å². The van der Waals surface area contributed by atoms with Crippen LogP contribution in [0, 0.1) is 6.92 Å². The molecule has 2 aliphatic heterocycles. The van der Waals surface area contributed by atoms with Crippen LogP contribution in [0.2, 0.25) is 0 Å². The Morgan fingerprint density at radius 2 is 2.21 bits per heavy atom. The van der Waals surface area contributed by atoms with Crippen molar-refractivity contribution in [2.75, 3.05) is 4.90 Å². The van der Waals surface area contributed by atoms with Gasteiger partial charge >= 0.3 is 0 Å². The van der Waals surface area contributed by atoms with Gasteiger partial charge in [-0.05, 0) is 24.6 Å². The summed E-state index contributed by atoms with van der Waals surface area (Å²) in [5.41, 5.74) is -0.0237. The van der Waals surface area contributed by atoms with Crippen LogP contribution in [0.3, 0.4) is 0 Å². The first-order valence-electron chi connectivity index (χ1n) is 6.02. The molecule has 1 fully saturated rings. The summed E-state index contributed by atoms with van der Waals surface area (Å²) in [5.74, 6) is -0.574. The summed E-state index contributed by atoms with van der Waals surface area (Å²) < 4.78 is 0. The zero-order valence-electron chi connectivity index (χ0n) is 10.3. The minimum Gasteiger partial charge on any atom is -0.274 e. The molecule has 1 aromatic rings. The highest BCUT2D eigenvalue weighted by atomic mass is 35.5. The SMILES string of the molecule is Cc1cccc(N2C(=O)CC3(CC(Cl)N=N3)C2=O)c1. The van der Waals surface area contributed by atoms with Gasteiger partial charge in [0.05, 0.1) is 12.1 Å². The molecule has 1 aromatic carbocycles. The average molecular weight is 278 g/mol. The van der Waals surface area contributed by atoms with Crippen molar-refractivity contribution in [1.29, 1.82) is 0 Å². The highest BCUT2D eigenvalue weighted by molar-refractivity contribution is 6.26. The molecule has 0 radical (unpaired) electrons. The number of nitrogens with zero attached hydrogens (tertiary/aromatic N) is 3. The fraction of sp³-hybridized carbons (Fsp3) is 0.385. The van der Waals surface area contributed by atoms with Crippen molar-refractivity contribution in [3.63, 3.8) is 0 Å². The van der Waals surface area contributed by atoms with Gasteiger partial charge in [0.15, 0.2) is 5.54 Å². The van der Waals surface area contributed by atoms with E-state index in [2.05, 4.69) is 10.2 Å². The van der Waals surface area contributed by atoms with Gasteiger partial charge in [-0.1, -0.05) is 23.7 Å². The zero-order valence-corrected chi connectivity index (χ0v) is 11.1. The highest BCUT2D eigenvalue weighted by Gasteiger charge is 2.56. The van der Waals surface area contributed by atoms with Crippen molar-refractivity contribution < 1.29 is 9.59 Å². The number of carbonyl (C=O) groups is 2. The molecule has 1 saturated heterocycles. The number of hydrogen-bond acceptors (Lipinski definition) is 4. The minimum atomic E-state index is -1.08. The highest BCUT2D eigenvalue weighted by Crippen LogP contribution is 2.40. The van der Waals surface area contributed by atoms with Crippen LogP contribution in [0.25, 0.3) is 0 Å². The molecule has 2 aliphatic rings. The van der Waals surface area contributed by atoms with E-state index in [1.54, 1.807) is 12.1 Å².